The van der Waals surface area contributed by atoms with Gasteiger partial charge in [0.1, 0.15) is 5.82 Å². The Hall–Kier alpha value is -2.63. The summed E-state index contributed by atoms with van der Waals surface area (Å²) in [7, 11) is 0. The molecular weight excluding hydrogens is 261 g/mol. The number of anilines is 2. The molecule has 1 aromatic heterocycles. The summed E-state index contributed by atoms with van der Waals surface area (Å²) in [4.78, 5) is 15.0. The van der Waals surface area contributed by atoms with Gasteiger partial charge in [0, 0.05) is 18.1 Å². The second kappa shape index (κ2) is 5.56. The molecule has 0 saturated carbocycles. The maximum Gasteiger partial charge on any atom is 0.337 e. The van der Waals surface area contributed by atoms with Crippen molar-refractivity contribution in [2.24, 2.45) is 0 Å². The van der Waals surface area contributed by atoms with Gasteiger partial charge in [0.25, 0.3) is 0 Å². The Labute approximate surface area is 115 Å². The van der Waals surface area contributed by atoms with Crippen molar-refractivity contribution in [1.82, 2.24) is 4.98 Å². The Morgan fingerprint density at radius 3 is 2.85 bits per heavy atom. The topological polar surface area (TPSA) is 88.2 Å². The lowest BCUT2D eigenvalue weighted by Gasteiger charge is -2.16. The lowest BCUT2D eigenvalue weighted by atomic mass is 10.1. The zero-order valence-electron chi connectivity index (χ0n) is 10.8. The van der Waals surface area contributed by atoms with Gasteiger partial charge in [0.05, 0.1) is 17.3 Å². The highest BCUT2D eigenvalue weighted by Crippen LogP contribution is 2.26. The number of pyridine rings is 1. The predicted octanol–water partition coefficient (Wildman–Crippen LogP) is 2.67. The normalized spacial score (nSPS) is 11.9. The molecule has 0 aliphatic heterocycles. The van der Waals surface area contributed by atoms with Crippen LogP contribution < -0.4 is 11.1 Å². The van der Waals surface area contributed by atoms with Crippen molar-refractivity contribution in [3.05, 3.63) is 53.6 Å². The third-order valence-electron chi connectivity index (χ3n) is 2.93. The third-order valence-corrected chi connectivity index (χ3v) is 2.93. The van der Waals surface area contributed by atoms with Crippen LogP contribution in [0.5, 0.6) is 0 Å². The van der Waals surface area contributed by atoms with Crippen molar-refractivity contribution < 1.29 is 14.3 Å². The fourth-order valence-electron chi connectivity index (χ4n) is 1.83. The SMILES string of the molecule is CC(Nc1cc(C(=O)O)c(N)cc1F)c1cccnc1. The largest absolute Gasteiger partial charge is 0.478 e. The average molecular weight is 275 g/mol. The van der Waals surface area contributed by atoms with Gasteiger partial charge >= 0.3 is 5.97 Å². The molecule has 0 radical (unpaired) electrons. The second-order valence-electron chi connectivity index (χ2n) is 4.38. The molecule has 0 bridgehead atoms. The summed E-state index contributed by atoms with van der Waals surface area (Å²) in [5.41, 5.74) is 6.19. The first-order valence-electron chi connectivity index (χ1n) is 5.98. The molecule has 5 nitrogen and oxygen atoms in total. The molecule has 104 valence electrons. The molecule has 2 aromatic rings. The lowest BCUT2D eigenvalue weighted by Crippen LogP contribution is -2.11. The number of nitrogens with zero attached hydrogens (tertiary/aromatic N) is 1. The molecule has 4 N–H and O–H groups in total. The van der Waals surface area contributed by atoms with Gasteiger partial charge in [-0.2, -0.15) is 0 Å². The summed E-state index contributed by atoms with van der Waals surface area (Å²) in [5.74, 6) is -1.79. The molecule has 1 heterocycles. The first-order valence-corrected chi connectivity index (χ1v) is 5.98. The highest BCUT2D eigenvalue weighted by Gasteiger charge is 2.15. The molecule has 0 amide bonds. The molecule has 1 atom stereocenters. The number of carbonyl (C=O) groups is 1. The average Bonchev–Trinajstić information content (AvgIpc) is 2.42. The number of nitrogen functional groups attached to an aromatic ring is 1. The van der Waals surface area contributed by atoms with E-state index in [4.69, 9.17) is 10.8 Å². The second-order valence-corrected chi connectivity index (χ2v) is 4.38. The van der Waals surface area contributed by atoms with Crippen LogP contribution in [0.15, 0.2) is 36.7 Å². The first-order chi connectivity index (χ1) is 9.49. The summed E-state index contributed by atoms with van der Waals surface area (Å²) in [6.07, 6.45) is 3.30. The van der Waals surface area contributed by atoms with Gasteiger partial charge < -0.3 is 16.2 Å². The van der Waals surface area contributed by atoms with E-state index >= 15 is 0 Å². The van der Waals surface area contributed by atoms with Crippen LogP contribution in [0.25, 0.3) is 0 Å². The fraction of sp³-hybridized carbons (Fsp3) is 0.143. The number of hydrogen-bond acceptors (Lipinski definition) is 4. The zero-order valence-corrected chi connectivity index (χ0v) is 10.8. The minimum absolute atomic E-state index is 0.0907. The van der Waals surface area contributed by atoms with Gasteiger partial charge in [-0.15, -0.1) is 0 Å². The smallest absolute Gasteiger partial charge is 0.337 e. The summed E-state index contributed by atoms with van der Waals surface area (Å²) in [6.45, 7) is 1.83. The Bertz CT molecular complexity index is 632. The number of rotatable bonds is 4. The van der Waals surface area contributed by atoms with Gasteiger partial charge in [-0.25, -0.2) is 9.18 Å². The van der Waals surface area contributed by atoms with Crippen LogP contribution >= 0.6 is 0 Å². The van der Waals surface area contributed by atoms with Crippen molar-refractivity contribution in [2.75, 3.05) is 11.1 Å². The number of nitrogens with one attached hydrogen (secondary N) is 1. The molecular formula is C14H14FN3O2. The molecule has 1 aromatic carbocycles. The van der Waals surface area contributed by atoms with Crippen molar-refractivity contribution in [2.45, 2.75) is 13.0 Å². The number of hydrogen-bond donors (Lipinski definition) is 3. The van der Waals surface area contributed by atoms with E-state index in [1.807, 2.05) is 13.0 Å². The molecule has 0 saturated heterocycles. The van der Waals surface area contributed by atoms with Crippen LogP contribution in [-0.2, 0) is 0 Å². The lowest BCUT2D eigenvalue weighted by molar-refractivity contribution is 0.0698. The van der Waals surface area contributed by atoms with Crippen LogP contribution in [-0.4, -0.2) is 16.1 Å². The standard InChI is InChI=1S/C14H14FN3O2/c1-8(9-3-2-4-17-7-9)18-13-5-10(14(19)20)12(16)6-11(13)15/h2-8,18H,16H2,1H3,(H,19,20). The summed E-state index contributed by atoms with van der Waals surface area (Å²) in [6, 6.07) is 5.60. The zero-order chi connectivity index (χ0) is 14.7. The number of aromatic nitrogens is 1. The van der Waals surface area contributed by atoms with E-state index in [0.29, 0.717) is 0 Å². The predicted molar refractivity (Wildman–Crippen MR) is 74.0 cm³/mol. The molecule has 2 rings (SSSR count). The third kappa shape index (κ3) is 2.85. The van der Waals surface area contributed by atoms with Crippen molar-refractivity contribution in [3.63, 3.8) is 0 Å². The van der Waals surface area contributed by atoms with E-state index in [1.165, 1.54) is 6.07 Å². The van der Waals surface area contributed by atoms with E-state index in [0.717, 1.165) is 11.6 Å². The molecule has 6 heteroatoms. The number of aromatic carboxylic acids is 1. The van der Waals surface area contributed by atoms with Gasteiger partial charge in [0.15, 0.2) is 0 Å². The van der Waals surface area contributed by atoms with E-state index < -0.39 is 11.8 Å². The Balaban J connectivity index is 2.29. The molecule has 0 spiro atoms. The van der Waals surface area contributed by atoms with Crippen LogP contribution in [0, 0.1) is 5.82 Å². The van der Waals surface area contributed by atoms with Crippen molar-refractivity contribution >= 4 is 17.3 Å². The Kier molecular flexibility index (Phi) is 3.84. The summed E-state index contributed by atoms with van der Waals surface area (Å²) in [5, 5.41) is 11.9. The van der Waals surface area contributed by atoms with Crippen LogP contribution in [0.1, 0.15) is 28.9 Å². The summed E-state index contributed by atoms with van der Waals surface area (Å²) >= 11 is 0. The van der Waals surface area contributed by atoms with Crippen LogP contribution in [0.2, 0.25) is 0 Å². The van der Waals surface area contributed by atoms with Gasteiger partial charge in [-0.3, -0.25) is 4.98 Å². The number of benzene rings is 1. The minimum Gasteiger partial charge on any atom is -0.478 e. The van der Waals surface area contributed by atoms with E-state index in [-0.39, 0.29) is 23.0 Å². The first kappa shape index (κ1) is 13.8. The quantitative estimate of drug-likeness (QED) is 0.746. The maximum atomic E-state index is 13.8. The number of nitrogens with two attached hydrogens (primary N) is 1. The van der Waals surface area contributed by atoms with Gasteiger partial charge in [0.2, 0.25) is 0 Å². The van der Waals surface area contributed by atoms with Gasteiger partial charge in [-0.1, -0.05) is 6.07 Å². The molecule has 1 unspecified atom stereocenters. The van der Waals surface area contributed by atoms with E-state index in [1.54, 1.807) is 18.5 Å². The van der Waals surface area contributed by atoms with Crippen LogP contribution in [0.3, 0.4) is 0 Å². The van der Waals surface area contributed by atoms with E-state index in [2.05, 4.69) is 10.3 Å². The maximum absolute atomic E-state index is 13.8. The molecule has 0 fully saturated rings. The number of halogens is 1. The minimum atomic E-state index is -1.19. The van der Waals surface area contributed by atoms with Crippen LogP contribution in [0.4, 0.5) is 15.8 Å². The Morgan fingerprint density at radius 1 is 1.50 bits per heavy atom. The number of carboxylic acid groups (broad SMARTS) is 1. The van der Waals surface area contributed by atoms with Crippen molar-refractivity contribution in [3.8, 4) is 0 Å². The molecule has 0 aliphatic rings. The molecule has 0 aliphatic carbocycles. The highest BCUT2D eigenvalue weighted by atomic mass is 19.1. The molecule has 20 heavy (non-hydrogen) atoms. The van der Waals surface area contributed by atoms with Crippen molar-refractivity contribution in [1.29, 1.82) is 0 Å². The summed E-state index contributed by atoms with van der Waals surface area (Å²) < 4.78 is 13.8. The highest BCUT2D eigenvalue weighted by molar-refractivity contribution is 5.94. The number of carboxylic acids is 1. The van der Waals surface area contributed by atoms with E-state index in [9.17, 15) is 9.18 Å². The monoisotopic (exact) mass is 275 g/mol. The van der Waals surface area contributed by atoms with Gasteiger partial charge in [-0.05, 0) is 30.7 Å². The Morgan fingerprint density at radius 2 is 2.25 bits per heavy atom. The fourth-order valence-corrected chi connectivity index (χ4v) is 1.83.